The highest BCUT2D eigenvalue weighted by Gasteiger charge is 1.98. The van der Waals surface area contributed by atoms with Gasteiger partial charge in [0.2, 0.25) is 0 Å². The summed E-state index contributed by atoms with van der Waals surface area (Å²) < 4.78 is 5.00. The minimum Gasteiger partial charge on any atom is -0.385 e. The summed E-state index contributed by atoms with van der Waals surface area (Å²) in [7, 11) is 7.47. The lowest BCUT2D eigenvalue weighted by Crippen LogP contribution is -2.39. The van der Waals surface area contributed by atoms with E-state index in [0.717, 1.165) is 38.6 Å². The molecule has 0 aromatic rings. The van der Waals surface area contributed by atoms with Crippen LogP contribution in [0, 0.1) is 0 Å². The van der Waals surface area contributed by atoms with Gasteiger partial charge in [0, 0.05) is 47.4 Å². The van der Waals surface area contributed by atoms with Gasteiger partial charge in [0.25, 0.3) is 0 Å². The summed E-state index contributed by atoms with van der Waals surface area (Å²) in [5, 5.41) is 6.18. The second-order valence-electron chi connectivity index (χ2n) is 3.40. The first-order valence-corrected chi connectivity index (χ1v) is 5.30. The van der Waals surface area contributed by atoms with E-state index in [2.05, 4.69) is 27.6 Å². The molecule has 0 bridgehead atoms. The quantitative estimate of drug-likeness (QED) is 0.350. The number of aliphatic imine (C=N–C) groups is 1. The van der Waals surface area contributed by atoms with Crippen molar-refractivity contribution in [3.05, 3.63) is 0 Å². The summed E-state index contributed by atoms with van der Waals surface area (Å²) in [5.74, 6) is 0.834. The molecule has 0 saturated carbocycles. The maximum Gasteiger partial charge on any atom is 0.190 e. The summed E-state index contributed by atoms with van der Waals surface area (Å²) in [6, 6.07) is 0. The fourth-order valence-corrected chi connectivity index (χ4v) is 1.24. The Morgan fingerprint density at radius 3 is 2.67 bits per heavy atom. The molecule has 0 spiro atoms. The van der Waals surface area contributed by atoms with Crippen LogP contribution in [0.1, 0.15) is 6.42 Å². The summed E-state index contributed by atoms with van der Waals surface area (Å²) in [6.45, 7) is 3.80. The Hall–Kier alpha value is -0.810. The van der Waals surface area contributed by atoms with Crippen LogP contribution in [0.5, 0.6) is 0 Å². The minimum atomic E-state index is 0.829. The predicted molar refractivity (Wildman–Crippen MR) is 64.4 cm³/mol. The number of rotatable bonds is 7. The molecule has 0 radical (unpaired) electrons. The van der Waals surface area contributed by atoms with Crippen molar-refractivity contribution >= 4 is 5.96 Å². The standard InChI is InChI=1S/C10H24N4O/c1-11-10(12-2)13-6-8-14(3)7-5-9-15-4/h5-9H2,1-4H3,(H2,11,12,13). The van der Waals surface area contributed by atoms with E-state index in [9.17, 15) is 0 Å². The Bertz CT molecular complexity index is 173. The Balaban J connectivity index is 3.41. The zero-order valence-electron chi connectivity index (χ0n) is 10.3. The van der Waals surface area contributed by atoms with Crippen LogP contribution in [-0.2, 0) is 4.74 Å². The first-order valence-electron chi connectivity index (χ1n) is 5.30. The molecule has 0 fully saturated rings. The normalized spacial score (nSPS) is 11.9. The van der Waals surface area contributed by atoms with Gasteiger partial charge in [-0.3, -0.25) is 4.99 Å². The van der Waals surface area contributed by atoms with Gasteiger partial charge in [-0.25, -0.2) is 0 Å². The molecule has 0 aliphatic heterocycles. The topological polar surface area (TPSA) is 48.9 Å². The smallest absolute Gasteiger partial charge is 0.190 e. The van der Waals surface area contributed by atoms with E-state index >= 15 is 0 Å². The fraction of sp³-hybridized carbons (Fsp3) is 0.900. The zero-order chi connectivity index (χ0) is 11.5. The number of hydrogen-bond acceptors (Lipinski definition) is 3. The van der Waals surface area contributed by atoms with Gasteiger partial charge in [-0.05, 0) is 13.5 Å². The molecule has 5 heteroatoms. The van der Waals surface area contributed by atoms with E-state index in [4.69, 9.17) is 4.74 Å². The third-order valence-electron chi connectivity index (χ3n) is 2.13. The molecule has 90 valence electrons. The number of nitrogens with one attached hydrogen (secondary N) is 2. The second kappa shape index (κ2) is 9.73. The summed E-state index contributed by atoms with van der Waals surface area (Å²) >= 11 is 0. The van der Waals surface area contributed by atoms with Crippen LogP contribution in [0.15, 0.2) is 4.99 Å². The first kappa shape index (κ1) is 14.2. The molecule has 0 aromatic heterocycles. The van der Waals surface area contributed by atoms with Crippen LogP contribution in [0.4, 0.5) is 0 Å². The van der Waals surface area contributed by atoms with Crippen LogP contribution < -0.4 is 10.6 Å². The van der Waals surface area contributed by atoms with Crippen molar-refractivity contribution in [2.75, 3.05) is 54.5 Å². The molecule has 0 aliphatic rings. The Morgan fingerprint density at radius 2 is 2.13 bits per heavy atom. The molecular formula is C10H24N4O. The predicted octanol–water partition coefficient (Wildman–Crippen LogP) is -0.250. The van der Waals surface area contributed by atoms with Gasteiger partial charge in [0.1, 0.15) is 0 Å². The molecule has 0 atom stereocenters. The number of likely N-dealkylation sites (N-methyl/N-ethyl adjacent to an activating group) is 1. The number of ether oxygens (including phenoxy) is 1. The average molecular weight is 216 g/mol. The molecule has 0 aliphatic carbocycles. The Labute approximate surface area is 92.9 Å². The number of hydrogen-bond donors (Lipinski definition) is 2. The molecule has 2 N–H and O–H groups in total. The third kappa shape index (κ3) is 8.20. The van der Waals surface area contributed by atoms with Crippen LogP contribution >= 0.6 is 0 Å². The van der Waals surface area contributed by atoms with Gasteiger partial charge in [-0.15, -0.1) is 0 Å². The summed E-state index contributed by atoms with van der Waals surface area (Å²) in [6.07, 6.45) is 1.08. The average Bonchev–Trinajstić information content (AvgIpc) is 2.25. The third-order valence-corrected chi connectivity index (χ3v) is 2.13. The van der Waals surface area contributed by atoms with Crippen molar-refractivity contribution in [2.24, 2.45) is 4.99 Å². The van der Waals surface area contributed by atoms with E-state index in [1.54, 1.807) is 14.2 Å². The molecule has 0 heterocycles. The molecule has 0 unspecified atom stereocenters. The number of nitrogens with zero attached hydrogens (tertiary/aromatic N) is 2. The first-order chi connectivity index (χ1) is 7.24. The molecule has 0 saturated heterocycles. The summed E-state index contributed by atoms with van der Waals surface area (Å²) in [4.78, 5) is 6.31. The summed E-state index contributed by atoms with van der Waals surface area (Å²) in [5.41, 5.74) is 0. The molecule has 0 aromatic carbocycles. The van der Waals surface area contributed by atoms with E-state index in [1.807, 2.05) is 7.05 Å². The maximum absolute atomic E-state index is 5.00. The van der Waals surface area contributed by atoms with Gasteiger partial charge in [-0.2, -0.15) is 0 Å². The Kier molecular flexibility index (Phi) is 9.21. The highest BCUT2D eigenvalue weighted by molar-refractivity contribution is 5.79. The SMILES string of the molecule is CN=C(NC)NCCN(C)CCCOC. The van der Waals surface area contributed by atoms with Crippen LogP contribution in [0.3, 0.4) is 0 Å². The van der Waals surface area contributed by atoms with E-state index in [0.29, 0.717) is 0 Å². The van der Waals surface area contributed by atoms with Crippen LogP contribution in [0.25, 0.3) is 0 Å². The lowest BCUT2D eigenvalue weighted by molar-refractivity contribution is 0.180. The fourth-order valence-electron chi connectivity index (χ4n) is 1.24. The van der Waals surface area contributed by atoms with Crippen molar-refractivity contribution in [1.82, 2.24) is 15.5 Å². The van der Waals surface area contributed by atoms with Crippen molar-refractivity contribution in [3.8, 4) is 0 Å². The highest BCUT2D eigenvalue weighted by Crippen LogP contribution is 1.86. The maximum atomic E-state index is 5.00. The van der Waals surface area contributed by atoms with Crippen molar-refractivity contribution in [2.45, 2.75) is 6.42 Å². The molecule has 15 heavy (non-hydrogen) atoms. The van der Waals surface area contributed by atoms with E-state index in [1.165, 1.54) is 0 Å². The number of methoxy groups -OCH3 is 1. The Morgan fingerprint density at radius 1 is 1.40 bits per heavy atom. The van der Waals surface area contributed by atoms with Gasteiger partial charge in [0.15, 0.2) is 5.96 Å². The van der Waals surface area contributed by atoms with Crippen LogP contribution in [0.2, 0.25) is 0 Å². The zero-order valence-corrected chi connectivity index (χ0v) is 10.3. The highest BCUT2D eigenvalue weighted by atomic mass is 16.5. The van der Waals surface area contributed by atoms with Crippen molar-refractivity contribution in [3.63, 3.8) is 0 Å². The van der Waals surface area contributed by atoms with Crippen molar-refractivity contribution in [1.29, 1.82) is 0 Å². The van der Waals surface area contributed by atoms with Crippen molar-refractivity contribution < 1.29 is 4.74 Å². The minimum absolute atomic E-state index is 0.829. The molecule has 5 nitrogen and oxygen atoms in total. The van der Waals surface area contributed by atoms with Crippen LogP contribution in [-0.4, -0.2) is 65.4 Å². The molecule has 0 rings (SSSR count). The van der Waals surface area contributed by atoms with Gasteiger partial charge in [0.05, 0.1) is 0 Å². The van der Waals surface area contributed by atoms with Gasteiger partial charge in [-0.1, -0.05) is 0 Å². The second-order valence-corrected chi connectivity index (χ2v) is 3.40. The lowest BCUT2D eigenvalue weighted by atomic mass is 10.4. The molecule has 0 amide bonds. The van der Waals surface area contributed by atoms with Gasteiger partial charge < -0.3 is 20.3 Å². The largest absolute Gasteiger partial charge is 0.385 e. The van der Waals surface area contributed by atoms with E-state index in [-0.39, 0.29) is 0 Å². The molecular weight excluding hydrogens is 192 g/mol. The van der Waals surface area contributed by atoms with E-state index < -0.39 is 0 Å². The van der Waals surface area contributed by atoms with Gasteiger partial charge >= 0.3 is 0 Å². The number of guanidine groups is 1. The monoisotopic (exact) mass is 216 g/mol. The lowest BCUT2D eigenvalue weighted by Gasteiger charge is -2.17.